The van der Waals surface area contributed by atoms with E-state index in [1.807, 2.05) is 6.92 Å². The van der Waals surface area contributed by atoms with Crippen LogP contribution in [-0.4, -0.2) is 43.4 Å². The molecule has 0 aliphatic carbocycles. The molecule has 0 aromatic carbocycles. The molecule has 3 atom stereocenters. The van der Waals surface area contributed by atoms with E-state index >= 15 is 0 Å². The Bertz CT molecular complexity index is 414. The van der Waals surface area contributed by atoms with Crippen LogP contribution < -0.4 is 4.72 Å². The van der Waals surface area contributed by atoms with E-state index in [0.717, 1.165) is 6.42 Å². The zero-order valence-corrected chi connectivity index (χ0v) is 13.3. The summed E-state index contributed by atoms with van der Waals surface area (Å²) in [5.41, 5.74) is 0. The summed E-state index contributed by atoms with van der Waals surface area (Å²) < 4.78 is 28.5. The average molecular weight is 306 g/mol. The van der Waals surface area contributed by atoms with Crippen molar-refractivity contribution < 1.29 is 18.3 Å². The maximum Gasteiger partial charge on any atom is 0.303 e. The van der Waals surface area contributed by atoms with Crippen LogP contribution >= 0.6 is 0 Å². The Balaban J connectivity index is 2.58. The summed E-state index contributed by atoms with van der Waals surface area (Å²) in [5, 5.41) is 8.77. The van der Waals surface area contributed by atoms with Crippen LogP contribution in [0.25, 0.3) is 0 Å². The minimum atomic E-state index is -3.50. The predicted octanol–water partition coefficient (Wildman–Crippen LogP) is 1.30. The molecule has 3 unspecified atom stereocenters. The third-order valence-electron chi connectivity index (χ3n) is 3.77. The highest BCUT2D eigenvalue weighted by molar-refractivity contribution is 7.87. The molecule has 0 radical (unpaired) electrons. The van der Waals surface area contributed by atoms with Crippen molar-refractivity contribution >= 4 is 16.2 Å². The standard InChI is InChI=1S/C13H26N2O4S/c1-4-12(6-13(16)17)7-14-20(18,19)15-8-10(2)5-11(3)9-15/h10-12,14H,4-9H2,1-3H3,(H,16,17). The van der Waals surface area contributed by atoms with Gasteiger partial charge in [0.05, 0.1) is 0 Å². The maximum absolute atomic E-state index is 12.3. The van der Waals surface area contributed by atoms with Gasteiger partial charge in [-0.3, -0.25) is 4.79 Å². The summed E-state index contributed by atoms with van der Waals surface area (Å²) in [6.45, 7) is 7.23. The molecular formula is C13H26N2O4S. The lowest BCUT2D eigenvalue weighted by molar-refractivity contribution is -0.138. The molecule has 0 bridgehead atoms. The molecule has 0 aromatic heterocycles. The molecule has 7 heteroatoms. The van der Waals surface area contributed by atoms with Crippen molar-refractivity contribution in [1.82, 2.24) is 9.03 Å². The van der Waals surface area contributed by atoms with E-state index in [0.29, 0.717) is 31.3 Å². The molecule has 1 rings (SSSR count). The van der Waals surface area contributed by atoms with Crippen LogP contribution in [0.3, 0.4) is 0 Å². The second-order valence-electron chi connectivity index (χ2n) is 5.99. The number of nitrogens with zero attached hydrogens (tertiary/aromatic N) is 1. The number of piperidine rings is 1. The van der Waals surface area contributed by atoms with E-state index in [1.54, 1.807) is 0 Å². The van der Waals surface area contributed by atoms with Crippen molar-refractivity contribution in [3.8, 4) is 0 Å². The lowest BCUT2D eigenvalue weighted by Gasteiger charge is -2.34. The Hall–Kier alpha value is -0.660. The largest absolute Gasteiger partial charge is 0.481 e. The Kier molecular flexibility index (Phi) is 6.42. The van der Waals surface area contributed by atoms with Crippen molar-refractivity contribution in [3.05, 3.63) is 0 Å². The van der Waals surface area contributed by atoms with Gasteiger partial charge in [-0.2, -0.15) is 12.7 Å². The topological polar surface area (TPSA) is 86.7 Å². The molecule has 0 spiro atoms. The zero-order chi connectivity index (χ0) is 15.3. The number of hydrogen-bond acceptors (Lipinski definition) is 3. The van der Waals surface area contributed by atoms with Crippen LogP contribution in [0.2, 0.25) is 0 Å². The van der Waals surface area contributed by atoms with Gasteiger partial charge in [-0.1, -0.05) is 27.2 Å². The minimum absolute atomic E-state index is 0.00811. The van der Waals surface area contributed by atoms with E-state index in [9.17, 15) is 13.2 Å². The van der Waals surface area contributed by atoms with Gasteiger partial charge < -0.3 is 5.11 Å². The number of nitrogens with one attached hydrogen (secondary N) is 1. The number of carboxylic acid groups (broad SMARTS) is 1. The fourth-order valence-corrected chi connectivity index (χ4v) is 4.25. The lowest BCUT2D eigenvalue weighted by atomic mass is 9.94. The van der Waals surface area contributed by atoms with Gasteiger partial charge in [0.1, 0.15) is 0 Å². The Labute approximate surface area is 121 Å². The number of aliphatic carboxylic acids is 1. The Morgan fingerprint density at radius 1 is 1.35 bits per heavy atom. The molecule has 1 fully saturated rings. The molecule has 2 N–H and O–H groups in total. The zero-order valence-electron chi connectivity index (χ0n) is 12.5. The van der Waals surface area contributed by atoms with Gasteiger partial charge in [0.15, 0.2) is 0 Å². The molecular weight excluding hydrogens is 280 g/mol. The van der Waals surface area contributed by atoms with Crippen LogP contribution in [0.5, 0.6) is 0 Å². The fourth-order valence-electron chi connectivity index (χ4n) is 2.72. The molecule has 118 valence electrons. The van der Waals surface area contributed by atoms with E-state index < -0.39 is 16.2 Å². The fraction of sp³-hybridized carbons (Fsp3) is 0.923. The molecule has 1 aliphatic heterocycles. The predicted molar refractivity (Wildman–Crippen MR) is 77.5 cm³/mol. The molecule has 0 amide bonds. The highest BCUT2D eigenvalue weighted by Crippen LogP contribution is 2.22. The van der Waals surface area contributed by atoms with Crippen molar-refractivity contribution in [3.63, 3.8) is 0 Å². The van der Waals surface area contributed by atoms with Crippen LogP contribution in [0.1, 0.15) is 40.0 Å². The van der Waals surface area contributed by atoms with E-state index in [2.05, 4.69) is 18.6 Å². The summed E-state index contributed by atoms with van der Waals surface area (Å²) in [6, 6.07) is 0. The first-order valence-electron chi connectivity index (χ1n) is 7.21. The second-order valence-corrected chi connectivity index (χ2v) is 7.74. The van der Waals surface area contributed by atoms with Gasteiger partial charge >= 0.3 is 5.97 Å². The van der Waals surface area contributed by atoms with Gasteiger partial charge in [-0.05, 0) is 24.2 Å². The Morgan fingerprint density at radius 2 is 1.90 bits per heavy atom. The van der Waals surface area contributed by atoms with Gasteiger partial charge in [0, 0.05) is 26.1 Å². The maximum atomic E-state index is 12.3. The summed E-state index contributed by atoms with van der Waals surface area (Å²) >= 11 is 0. The lowest BCUT2D eigenvalue weighted by Crippen LogP contribution is -2.48. The summed E-state index contributed by atoms with van der Waals surface area (Å²) in [6.07, 6.45) is 1.68. The van der Waals surface area contributed by atoms with Gasteiger partial charge in [0.2, 0.25) is 0 Å². The summed E-state index contributed by atoms with van der Waals surface area (Å²) in [7, 11) is -3.50. The Morgan fingerprint density at radius 3 is 2.35 bits per heavy atom. The summed E-state index contributed by atoms with van der Waals surface area (Å²) in [4.78, 5) is 10.7. The second kappa shape index (κ2) is 7.38. The number of carboxylic acids is 1. The van der Waals surface area contributed by atoms with Gasteiger partial charge in [-0.15, -0.1) is 0 Å². The SMILES string of the molecule is CCC(CNS(=O)(=O)N1CC(C)CC(C)C1)CC(=O)O. The minimum Gasteiger partial charge on any atom is -0.481 e. The number of carbonyl (C=O) groups is 1. The highest BCUT2D eigenvalue weighted by atomic mass is 32.2. The van der Waals surface area contributed by atoms with Crippen molar-refractivity contribution in [1.29, 1.82) is 0 Å². The molecule has 1 heterocycles. The third kappa shape index (κ3) is 5.38. The molecule has 20 heavy (non-hydrogen) atoms. The van der Waals surface area contributed by atoms with Crippen LogP contribution in [0.15, 0.2) is 0 Å². The van der Waals surface area contributed by atoms with Crippen molar-refractivity contribution in [2.45, 2.75) is 40.0 Å². The van der Waals surface area contributed by atoms with Crippen molar-refractivity contribution in [2.24, 2.45) is 17.8 Å². The van der Waals surface area contributed by atoms with Crippen LogP contribution in [-0.2, 0) is 15.0 Å². The van der Waals surface area contributed by atoms with Gasteiger partial charge in [0.25, 0.3) is 10.2 Å². The highest BCUT2D eigenvalue weighted by Gasteiger charge is 2.30. The first kappa shape index (κ1) is 17.4. The molecule has 0 aromatic rings. The first-order valence-corrected chi connectivity index (χ1v) is 8.65. The molecule has 1 aliphatic rings. The first-order chi connectivity index (χ1) is 9.24. The average Bonchev–Trinajstić information content (AvgIpc) is 2.32. The van der Waals surface area contributed by atoms with E-state index in [4.69, 9.17) is 5.11 Å². The van der Waals surface area contributed by atoms with E-state index in [-0.39, 0.29) is 18.9 Å². The number of hydrogen-bond donors (Lipinski definition) is 2. The van der Waals surface area contributed by atoms with Crippen LogP contribution in [0, 0.1) is 17.8 Å². The van der Waals surface area contributed by atoms with E-state index in [1.165, 1.54) is 4.31 Å². The summed E-state index contributed by atoms with van der Waals surface area (Å²) in [5.74, 6) is -0.342. The van der Waals surface area contributed by atoms with Crippen molar-refractivity contribution in [2.75, 3.05) is 19.6 Å². The monoisotopic (exact) mass is 306 g/mol. The molecule has 6 nitrogen and oxygen atoms in total. The molecule has 0 saturated carbocycles. The number of rotatable bonds is 7. The smallest absolute Gasteiger partial charge is 0.303 e. The van der Waals surface area contributed by atoms with Crippen LogP contribution in [0.4, 0.5) is 0 Å². The van der Waals surface area contributed by atoms with Gasteiger partial charge in [-0.25, -0.2) is 4.72 Å². The normalized spacial score (nSPS) is 26.4. The molecule has 1 saturated heterocycles. The third-order valence-corrected chi connectivity index (χ3v) is 5.28. The quantitative estimate of drug-likeness (QED) is 0.742.